The van der Waals surface area contributed by atoms with Gasteiger partial charge in [0.25, 0.3) is 0 Å². The standard InChI is InChI=1S/C18H19NO3/c1-2-21-17(20)16-13-18(22-19-16,14-9-5-3-6-10-14)15-11-7-4-8-12-15/h3-12,16,19H,2,13H2,1H3. The Morgan fingerprint density at radius 1 is 1.14 bits per heavy atom. The van der Waals surface area contributed by atoms with Gasteiger partial charge in [-0.25, -0.2) is 0 Å². The third-order valence-electron chi connectivity index (χ3n) is 3.92. The fraction of sp³-hybridized carbons (Fsp3) is 0.278. The monoisotopic (exact) mass is 297 g/mol. The first-order valence-corrected chi connectivity index (χ1v) is 7.47. The van der Waals surface area contributed by atoms with Crippen LogP contribution < -0.4 is 5.48 Å². The lowest BCUT2D eigenvalue weighted by molar-refractivity contribution is -0.147. The highest BCUT2D eigenvalue weighted by Gasteiger charge is 2.46. The molecule has 0 aromatic heterocycles. The van der Waals surface area contributed by atoms with Gasteiger partial charge in [0, 0.05) is 6.42 Å². The van der Waals surface area contributed by atoms with E-state index in [2.05, 4.69) is 5.48 Å². The smallest absolute Gasteiger partial charge is 0.325 e. The molecular weight excluding hydrogens is 278 g/mol. The van der Waals surface area contributed by atoms with Crippen LogP contribution in [0.15, 0.2) is 60.7 Å². The van der Waals surface area contributed by atoms with E-state index in [9.17, 15) is 4.79 Å². The Bertz CT molecular complexity index is 588. The fourth-order valence-corrected chi connectivity index (χ4v) is 2.85. The molecule has 0 amide bonds. The zero-order chi connectivity index (χ0) is 15.4. The summed E-state index contributed by atoms with van der Waals surface area (Å²) >= 11 is 0. The summed E-state index contributed by atoms with van der Waals surface area (Å²) in [6, 6.07) is 19.4. The molecule has 4 heteroatoms. The number of hydroxylamine groups is 1. The minimum atomic E-state index is -0.681. The normalized spacial score (nSPS) is 19.8. The minimum Gasteiger partial charge on any atom is -0.465 e. The molecule has 0 spiro atoms. The molecule has 1 aliphatic heterocycles. The largest absolute Gasteiger partial charge is 0.465 e. The van der Waals surface area contributed by atoms with E-state index in [1.54, 1.807) is 6.92 Å². The van der Waals surface area contributed by atoms with Gasteiger partial charge in [0.05, 0.1) is 6.61 Å². The van der Waals surface area contributed by atoms with Crippen LogP contribution >= 0.6 is 0 Å². The molecule has 1 unspecified atom stereocenters. The molecule has 4 nitrogen and oxygen atoms in total. The van der Waals surface area contributed by atoms with Crippen molar-refractivity contribution in [1.82, 2.24) is 5.48 Å². The number of carbonyl (C=O) groups is 1. The molecular formula is C18H19NO3. The van der Waals surface area contributed by atoms with Crippen LogP contribution in [0.4, 0.5) is 0 Å². The maximum Gasteiger partial charge on any atom is 0.325 e. The van der Waals surface area contributed by atoms with E-state index in [1.165, 1.54) is 0 Å². The molecule has 1 N–H and O–H groups in total. The lowest BCUT2D eigenvalue weighted by Crippen LogP contribution is -2.31. The third-order valence-corrected chi connectivity index (χ3v) is 3.92. The molecule has 2 aromatic rings. The van der Waals surface area contributed by atoms with Gasteiger partial charge in [-0.15, -0.1) is 0 Å². The Labute approximate surface area is 130 Å². The third kappa shape index (κ3) is 2.63. The molecule has 0 bridgehead atoms. The molecule has 0 radical (unpaired) electrons. The first kappa shape index (κ1) is 14.8. The number of carbonyl (C=O) groups excluding carboxylic acids is 1. The van der Waals surface area contributed by atoms with Gasteiger partial charge in [-0.1, -0.05) is 60.7 Å². The van der Waals surface area contributed by atoms with Crippen LogP contribution in [0.3, 0.4) is 0 Å². The number of hydrogen-bond donors (Lipinski definition) is 1. The maximum atomic E-state index is 12.0. The Kier molecular flexibility index (Phi) is 4.22. The van der Waals surface area contributed by atoms with E-state index in [0.717, 1.165) is 11.1 Å². The van der Waals surface area contributed by atoms with Crippen molar-refractivity contribution in [3.05, 3.63) is 71.8 Å². The maximum absolute atomic E-state index is 12.0. The number of benzene rings is 2. The number of esters is 1. The molecule has 1 aliphatic rings. The van der Waals surface area contributed by atoms with Crippen LogP contribution in [0, 0.1) is 0 Å². The summed E-state index contributed by atoms with van der Waals surface area (Å²) in [6.45, 7) is 2.16. The lowest BCUT2D eigenvalue weighted by atomic mass is 9.82. The highest BCUT2D eigenvalue weighted by molar-refractivity contribution is 5.76. The molecule has 2 aromatic carbocycles. The molecule has 1 saturated heterocycles. The SMILES string of the molecule is CCOC(=O)C1CC(c2ccccc2)(c2ccccc2)ON1. The molecule has 1 fully saturated rings. The molecule has 22 heavy (non-hydrogen) atoms. The van der Waals surface area contributed by atoms with Gasteiger partial charge >= 0.3 is 5.97 Å². The highest BCUT2D eigenvalue weighted by atomic mass is 16.7. The second-order valence-electron chi connectivity index (χ2n) is 5.29. The average molecular weight is 297 g/mol. The van der Waals surface area contributed by atoms with E-state index in [0.29, 0.717) is 13.0 Å². The van der Waals surface area contributed by atoms with Crippen molar-refractivity contribution in [1.29, 1.82) is 0 Å². The number of rotatable bonds is 4. The summed E-state index contributed by atoms with van der Waals surface area (Å²) in [4.78, 5) is 18.0. The van der Waals surface area contributed by atoms with Crippen molar-refractivity contribution in [3.63, 3.8) is 0 Å². The van der Waals surface area contributed by atoms with Crippen LogP contribution in [0.2, 0.25) is 0 Å². The van der Waals surface area contributed by atoms with Gasteiger partial charge in [0.15, 0.2) is 0 Å². The fourth-order valence-electron chi connectivity index (χ4n) is 2.85. The predicted molar refractivity (Wildman–Crippen MR) is 82.9 cm³/mol. The summed E-state index contributed by atoms with van der Waals surface area (Å²) in [7, 11) is 0. The minimum absolute atomic E-state index is 0.281. The highest BCUT2D eigenvalue weighted by Crippen LogP contribution is 2.41. The summed E-state index contributed by atoms with van der Waals surface area (Å²) in [6.07, 6.45) is 0.500. The molecule has 0 aliphatic carbocycles. The number of ether oxygens (including phenoxy) is 1. The van der Waals surface area contributed by atoms with Gasteiger partial charge < -0.3 is 4.74 Å². The second-order valence-corrected chi connectivity index (χ2v) is 5.29. The van der Waals surface area contributed by atoms with Gasteiger partial charge in [-0.2, -0.15) is 5.48 Å². The number of hydrogen-bond acceptors (Lipinski definition) is 4. The van der Waals surface area contributed by atoms with Gasteiger partial charge in [0.1, 0.15) is 11.6 Å². The quantitative estimate of drug-likeness (QED) is 0.882. The Balaban J connectivity index is 1.98. The predicted octanol–water partition coefficient (Wildman–Crippen LogP) is 2.79. The summed E-state index contributed by atoms with van der Waals surface area (Å²) in [5.41, 5.74) is 4.20. The van der Waals surface area contributed by atoms with Crippen molar-refractivity contribution >= 4 is 5.97 Å². The van der Waals surface area contributed by atoms with Gasteiger partial charge in [-0.3, -0.25) is 9.63 Å². The Morgan fingerprint density at radius 3 is 2.18 bits per heavy atom. The van der Waals surface area contributed by atoms with Crippen molar-refractivity contribution in [2.45, 2.75) is 25.0 Å². The van der Waals surface area contributed by atoms with Gasteiger partial charge in [-0.05, 0) is 18.1 Å². The Morgan fingerprint density at radius 2 is 1.68 bits per heavy atom. The van der Waals surface area contributed by atoms with E-state index in [-0.39, 0.29) is 5.97 Å². The van der Waals surface area contributed by atoms with Crippen molar-refractivity contribution in [2.75, 3.05) is 6.61 Å². The summed E-state index contributed by atoms with van der Waals surface area (Å²) in [5, 5.41) is 0. The zero-order valence-electron chi connectivity index (χ0n) is 12.5. The average Bonchev–Trinajstić information content (AvgIpc) is 3.03. The van der Waals surface area contributed by atoms with Crippen molar-refractivity contribution in [2.24, 2.45) is 0 Å². The summed E-state index contributed by atoms with van der Waals surface area (Å²) in [5.74, 6) is -0.281. The molecule has 1 atom stereocenters. The summed E-state index contributed by atoms with van der Waals surface area (Å²) < 4.78 is 5.11. The lowest BCUT2D eigenvalue weighted by Gasteiger charge is -2.28. The molecule has 1 heterocycles. The zero-order valence-corrected chi connectivity index (χ0v) is 12.5. The first-order valence-electron chi connectivity index (χ1n) is 7.47. The molecule has 3 rings (SSSR count). The van der Waals surface area contributed by atoms with Crippen LogP contribution in [0.1, 0.15) is 24.5 Å². The topological polar surface area (TPSA) is 47.6 Å². The van der Waals surface area contributed by atoms with E-state index < -0.39 is 11.6 Å². The van der Waals surface area contributed by atoms with Crippen LogP contribution in [-0.2, 0) is 20.0 Å². The Hall–Kier alpha value is -2.17. The van der Waals surface area contributed by atoms with Gasteiger partial charge in [0.2, 0.25) is 0 Å². The van der Waals surface area contributed by atoms with E-state index in [1.807, 2.05) is 60.7 Å². The molecule has 0 saturated carbocycles. The van der Waals surface area contributed by atoms with Crippen LogP contribution in [-0.4, -0.2) is 18.6 Å². The van der Waals surface area contributed by atoms with E-state index in [4.69, 9.17) is 9.57 Å². The first-order chi connectivity index (χ1) is 10.8. The number of nitrogens with one attached hydrogen (secondary N) is 1. The van der Waals surface area contributed by atoms with Crippen molar-refractivity contribution < 1.29 is 14.4 Å². The van der Waals surface area contributed by atoms with Crippen molar-refractivity contribution in [3.8, 4) is 0 Å². The van der Waals surface area contributed by atoms with Crippen LogP contribution in [0.25, 0.3) is 0 Å². The van der Waals surface area contributed by atoms with Crippen LogP contribution in [0.5, 0.6) is 0 Å². The molecule has 114 valence electrons. The van der Waals surface area contributed by atoms with E-state index >= 15 is 0 Å². The second kappa shape index (κ2) is 6.30.